The van der Waals surface area contributed by atoms with Gasteiger partial charge in [0.05, 0.1) is 5.69 Å². The van der Waals surface area contributed by atoms with E-state index >= 15 is 0 Å². The first-order valence-corrected chi connectivity index (χ1v) is 7.55. The van der Waals surface area contributed by atoms with Crippen molar-refractivity contribution >= 4 is 5.97 Å². The summed E-state index contributed by atoms with van der Waals surface area (Å²) in [5.74, 6) is -0.996. The highest BCUT2D eigenvalue weighted by atomic mass is 16.4. The maximum absolute atomic E-state index is 11.2. The van der Waals surface area contributed by atoms with E-state index in [-0.39, 0.29) is 11.1 Å². The Morgan fingerprint density at radius 3 is 2.30 bits per heavy atom. The molecule has 0 unspecified atom stereocenters. The summed E-state index contributed by atoms with van der Waals surface area (Å²) < 4.78 is 1.77. The van der Waals surface area contributed by atoms with Gasteiger partial charge < -0.3 is 5.11 Å². The van der Waals surface area contributed by atoms with E-state index in [4.69, 9.17) is 0 Å². The van der Waals surface area contributed by atoms with Crippen LogP contribution in [-0.2, 0) is 12.0 Å². The second kappa shape index (κ2) is 7.41. The van der Waals surface area contributed by atoms with Crippen molar-refractivity contribution in [1.29, 1.82) is 0 Å². The van der Waals surface area contributed by atoms with E-state index in [0.29, 0.717) is 0 Å². The molecular formula is C15H27N3O2. The van der Waals surface area contributed by atoms with Gasteiger partial charge in [-0.1, -0.05) is 65.0 Å². The number of aromatic nitrogens is 3. The molecule has 0 aromatic carbocycles. The number of hydrogen-bond acceptors (Lipinski definition) is 3. The number of aromatic carboxylic acids is 1. The Morgan fingerprint density at radius 2 is 1.75 bits per heavy atom. The van der Waals surface area contributed by atoms with Crippen molar-refractivity contribution in [2.75, 3.05) is 0 Å². The fraction of sp³-hybridized carbons (Fsp3) is 0.800. The van der Waals surface area contributed by atoms with Crippen LogP contribution in [0.15, 0.2) is 0 Å². The molecule has 1 N–H and O–H groups in total. The van der Waals surface area contributed by atoms with Gasteiger partial charge in [-0.05, 0) is 6.42 Å². The molecule has 0 spiro atoms. The largest absolute Gasteiger partial charge is 0.476 e. The van der Waals surface area contributed by atoms with Crippen LogP contribution in [0, 0.1) is 0 Å². The number of rotatable bonds is 8. The zero-order chi connectivity index (χ0) is 15.2. The van der Waals surface area contributed by atoms with Crippen LogP contribution in [0.4, 0.5) is 0 Å². The van der Waals surface area contributed by atoms with E-state index < -0.39 is 5.97 Å². The predicted octanol–water partition coefficient (Wildman–Crippen LogP) is 3.63. The van der Waals surface area contributed by atoms with Crippen LogP contribution in [0.2, 0.25) is 0 Å². The quantitative estimate of drug-likeness (QED) is 0.739. The highest BCUT2D eigenvalue weighted by Crippen LogP contribution is 2.25. The third-order valence-electron chi connectivity index (χ3n) is 3.37. The second-order valence-electron chi connectivity index (χ2n) is 6.33. The van der Waals surface area contributed by atoms with E-state index in [1.54, 1.807) is 4.68 Å². The highest BCUT2D eigenvalue weighted by molar-refractivity contribution is 5.86. The number of unbranched alkanes of at least 4 members (excludes halogenated alkanes) is 5. The lowest BCUT2D eigenvalue weighted by Gasteiger charge is -2.20. The number of carbonyl (C=O) groups is 1. The third-order valence-corrected chi connectivity index (χ3v) is 3.37. The van der Waals surface area contributed by atoms with Crippen LogP contribution in [-0.4, -0.2) is 26.1 Å². The summed E-state index contributed by atoms with van der Waals surface area (Å²) in [6.07, 6.45) is 7.24. The van der Waals surface area contributed by atoms with Crippen molar-refractivity contribution < 1.29 is 9.90 Å². The normalized spacial score (nSPS) is 11.8. The number of carboxylic acid groups (broad SMARTS) is 1. The lowest BCUT2D eigenvalue weighted by molar-refractivity contribution is 0.0687. The maximum Gasteiger partial charge on any atom is 0.358 e. The molecule has 0 aliphatic heterocycles. The fourth-order valence-corrected chi connectivity index (χ4v) is 2.40. The molecule has 5 heteroatoms. The average Bonchev–Trinajstić information content (AvgIpc) is 2.77. The highest BCUT2D eigenvalue weighted by Gasteiger charge is 2.28. The number of hydrogen-bond donors (Lipinski definition) is 1. The molecule has 1 aromatic rings. The molecule has 0 aliphatic carbocycles. The van der Waals surface area contributed by atoms with Gasteiger partial charge in [0.25, 0.3) is 0 Å². The summed E-state index contributed by atoms with van der Waals surface area (Å²) in [7, 11) is 0. The molecule has 1 rings (SSSR count). The second-order valence-corrected chi connectivity index (χ2v) is 6.33. The molecule has 5 nitrogen and oxygen atoms in total. The van der Waals surface area contributed by atoms with E-state index in [0.717, 1.165) is 25.1 Å². The zero-order valence-corrected chi connectivity index (χ0v) is 13.1. The Morgan fingerprint density at radius 1 is 1.15 bits per heavy atom. The first-order valence-electron chi connectivity index (χ1n) is 7.55. The van der Waals surface area contributed by atoms with Crippen molar-refractivity contribution in [3.8, 4) is 0 Å². The Balaban J connectivity index is 2.64. The number of nitrogens with zero attached hydrogens (tertiary/aromatic N) is 3. The molecule has 0 saturated carbocycles. The number of aryl methyl sites for hydroxylation is 1. The Labute approximate surface area is 121 Å². The molecule has 1 heterocycles. The lowest BCUT2D eigenvalue weighted by atomic mass is 9.90. The fourth-order valence-electron chi connectivity index (χ4n) is 2.40. The summed E-state index contributed by atoms with van der Waals surface area (Å²) in [6.45, 7) is 8.94. The van der Waals surface area contributed by atoms with Crippen LogP contribution in [0.1, 0.15) is 82.4 Å². The number of carboxylic acids is 1. The van der Waals surface area contributed by atoms with Gasteiger partial charge in [0, 0.05) is 12.0 Å². The summed E-state index contributed by atoms with van der Waals surface area (Å²) in [4.78, 5) is 11.2. The van der Waals surface area contributed by atoms with E-state index in [2.05, 4.69) is 17.2 Å². The molecule has 1 aromatic heterocycles. The maximum atomic E-state index is 11.2. The monoisotopic (exact) mass is 281 g/mol. The third kappa shape index (κ3) is 4.62. The van der Waals surface area contributed by atoms with Gasteiger partial charge in [0.2, 0.25) is 0 Å². The summed E-state index contributed by atoms with van der Waals surface area (Å²) in [5.41, 5.74) is 0.543. The average molecular weight is 281 g/mol. The Bertz CT molecular complexity index is 433. The van der Waals surface area contributed by atoms with E-state index in [1.807, 2.05) is 20.8 Å². The molecule has 0 atom stereocenters. The molecule has 114 valence electrons. The molecule has 0 aliphatic rings. The minimum Gasteiger partial charge on any atom is -0.476 e. The Kier molecular flexibility index (Phi) is 6.17. The van der Waals surface area contributed by atoms with Gasteiger partial charge in [-0.15, -0.1) is 5.10 Å². The van der Waals surface area contributed by atoms with Crippen molar-refractivity contribution in [3.05, 3.63) is 11.4 Å². The van der Waals surface area contributed by atoms with Crippen LogP contribution in [0.3, 0.4) is 0 Å². The summed E-state index contributed by atoms with van der Waals surface area (Å²) in [5, 5.41) is 17.0. The minimum absolute atomic E-state index is 0.0866. The van der Waals surface area contributed by atoms with Crippen LogP contribution < -0.4 is 0 Å². The van der Waals surface area contributed by atoms with Gasteiger partial charge in [0.15, 0.2) is 5.69 Å². The first kappa shape index (κ1) is 16.7. The van der Waals surface area contributed by atoms with Gasteiger partial charge in [-0.2, -0.15) is 0 Å². The molecule has 0 saturated heterocycles. The van der Waals surface area contributed by atoms with Gasteiger partial charge >= 0.3 is 5.97 Å². The topological polar surface area (TPSA) is 68.0 Å². The smallest absolute Gasteiger partial charge is 0.358 e. The van der Waals surface area contributed by atoms with Gasteiger partial charge in [-0.3, -0.25) is 0 Å². The minimum atomic E-state index is -0.996. The van der Waals surface area contributed by atoms with Crippen LogP contribution >= 0.6 is 0 Å². The van der Waals surface area contributed by atoms with E-state index in [1.165, 1.54) is 25.7 Å². The predicted molar refractivity (Wildman–Crippen MR) is 79.1 cm³/mol. The molecule has 20 heavy (non-hydrogen) atoms. The molecule has 0 bridgehead atoms. The van der Waals surface area contributed by atoms with Crippen molar-refractivity contribution in [1.82, 2.24) is 15.0 Å². The molecular weight excluding hydrogens is 254 g/mol. The van der Waals surface area contributed by atoms with Crippen molar-refractivity contribution in [3.63, 3.8) is 0 Å². The van der Waals surface area contributed by atoms with Crippen LogP contribution in [0.25, 0.3) is 0 Å². The van der Waals surface area contributed by atoms with Gasteiger partial charge in [-0.25, -0.2) is 9.48 Å². The molecule has 0 radical (unpaired) electrons. The summed E-state index contributed by atoms with van der Waals surface area (Å²) >= 11 is 0. The SMILES string of the molecule is CCCCCCCCn1nnc(C(=O)O)c1C(C)(C)C. The summed E-state index contributed by atoms with van der Waals surface area (Å²) in [6, 6.07) is 0. The molecule has 0 fully saturated rings. The van der Waals surface area contributed by atoms with Crippen LogP contribution in [0.5, 0.6) is 0 Å². The van der Waals surface area contributed by atoms with Gasteiger partial charge in [0.1, 0.15) is 0 Å². The standard InChI is InChI=1S/C15H27N3O2/c1-5-6-7-8-9-10-11-18-13(15(2,3)4)12(14(19)20)16-17-18/h5-11H2,1-4H3,(H,19,20). The lowest BCUT2D eigenvalue weighted by Crippen LogP contribution is -2.22. The van der Waals surface area contributed by atoms with Crippen molar-refractivity contribution in [2.24, 2.45) is 0 Å². The zero-order valence-electron chi connectivity index (χ0n) is 13.1. The van der Waals surface area contributed by atoms with Crippen molar-refractivity contribution in [2.45, 2.75) is 78.2 Å². The molecule has 0 amide bonds. The Hall–Kier alpha value is -1.39. The van der Waals surface area contributed by atoms with E-state index in [9.17, 15) is 9.90 Å². The first-order chi connectivity index (χ1) is 9.38.